The highest BCUT2D eigenvalue weighted by molar-refractivity contribution is 5.82. The molecule has 0 saturated heterocycles. The Morgan fingerprint density at radius 3 is 2.73 bits per heavy atom. The standard InChI is InChI=1S/C18H19FN2O/c1-13(14-6-8-16(19)9-7-14)20-18(22)12-21-11-10-15-4-2-3-5-17(15)21/h2-9,13H,10-12H2,1H3,(H,20,22). The fourth-order valence-electron chi connectivity index (χ4n) is 2.87. The Morgan fingerprint density at radius 1 is 1.23 bits per heavy atom. The lowest BCUT2D eigenvalue weighted by atomic mass is 10.1. The van der Waals surface area contributed by atoms with Gasteiger partial charge in [-0.2, -0.15) is 0 Å². The summed E-state index contributed by atoms with van der Waals surface area (Å²) >= 11 is 0. The lowest BCUT2D eigenvalue weighted by Crippen LogP contribution is -2.37. The van der Waals surface area contributed by atoms with E-state index in [9.17, 15) is 9.18 Å². The van der Waals surface area contributed by atoms with Crippen molar-refractivity contribution in [2.24, 2.45) is 0 Å². The summed E-state index contributed by atoms with van der Waals surface area (Å²) in [6.45, 7) is 3.13. The number of hydrogen-bond donors (Lipinski definition) is 1. The van der Waals surface area contributed by atoms with Crippen LogP contribution in [0.5, 0.6) is 0 Å². The minimum absolute atomic E-state index is 0.0199. The van der Waals surface area contributed by atoms with Crippen LogP contribution in [0.3, 0.4) is 0 Å². The summed E-state index contributed by atoms with van der Waals surface area (Å²) in [5.41, 5.74) is 3.34. The number of carbonyl (C=O) groups excluding carboxylic acids is 1. The molecule has 22 heavy (non-hydrogen) atoms. The van der Waals surface area contributed by atoms with Crippen LogP contribution in [0.2, 0.25) is 0 Å². The number of carbonyl (C=O) groups is 1. The van der Waals surface area contributed by atoms with Crippen LogP contribution in [0.15, 0.2) is 48.5 Å². The monoisotopic (exact) mass is 298 g/mol. The lowest BCUT2D eigenvalue weighted by Gasteiger charge is -2.21. The van der Waals surface area contributed by atoms with Crippen molar-refractivity contribution in [2.45, 2.75) is 19.4 Å². The predicted octanol–water partition coefficient (Wildman–Crippen LogP) is 3.07. The van der Waals surface area contributed by atoms with Crippen LogP contribution in [0.4, 0.5) is 10.1 Å². The third kappa shape index (κ3) is 3.11. The summed E-state index contributed by atoms with van der Waals surface area (Å²) in [5, 5.41) is 2.97. The minimum atomic E-state index is -0.268. The van der Waals surface area contributed by atoms with Crippen LogP contribution in [-0.4, -0.2) is 19.0 Å². The number of para-hydroxylation sites is 1. The van der Waals surface area contributed by atoms with Gasteiger partial charge in [0.05, 0.1) is 12.6 Å². The largest absolute Gasteiger partial charge is 0.362 e. The number of rotatable bonds is 4. The van der Waals surface area contributed by atoms with Crippen molar-refractivity contribution in [3.8, 4) is 0 Å². The molecule has 0 saturated carbocycles. The number of halogens is 1. The van der Waals surface area contributed by atoms with Crippen molar-refractivity contribution in [2.75, 3.05) is 18.0 Å². The SMILES string of the molecule is CC(NC(=O)CN1CCc2ccccc21)c1ccc(F)cc1. The van der Waals surface area contributed by atoms with E-state index in [1.165, 1.54) is 17.7 Å². The van der Waals surface area contributed by atoms with Crippen LogP contribution in [0.25, 0.3) is 0 Å². The first-order chi connectivity index (χ1) is 10.6. The Morgan fingerprint density at radius 2 is 1.95 bits per heavy atom. The van der Waals surface area contributed by atoms with E-state index in [4.69, 9.17) is 0 Å². The minimum Gasteiger partial charge on any atom is -0.362 e. The number of fused-ring (bicyclic) bond motifs is 1. The molecule has 3 rings (SSSR count). The molecule has 2 aromatic carbocycles. The molecule has 1 amide bonds. The zero-order valence-corrected chi connectivity index (χ0v) is 12.6. The summed E-state index contributed by atoms with van der Waals surface area (Å²) in [7, 11) is 0. The van der Waals surface area contributed by atoms with Gasteiger partial charge in [-0.15, -0.1) is 0 Å². The van der Waals surface area contributed by atoms with Gasteiger partial charge in [-0.1, -0.05) is 30.3 Å². The summed E-state index contributed by atoms with van der Waals surface area (Å²) in [4.78, 5) is 14.3. The van der Waals surface area contributed by atoms with E-state index in [0.29, 0.717) is 6.54 Å². The first kappa shape index (κ1) is 14.6. The Hall–Kier alpha value is -2.36. The summed E-state index contributed by atoms with van der Waals surface area (Å²) in [6, 6.07) is 14.3. The second-order valence-electron chi connectivity index (χ2n) is 5.64. The molecule has 2 aromatic rings. The summed E-state index contributed by atoms with van der Waals surface area (Å²) in [5.74, 6) is -0.288. The maximum atomic E-state index is 12.9. The van der Waals surface area contributed by atoms with E-state index >= 15 is 0 Å². The highest BCUT2D eigenvalue weighted by atomic mass is 19.1. The van der Waals surface area contributed by atoms with Gasteiger partial charge in [-0.25, -0.2) is 4.39 Å². The lowest BCUT2D eigenvalue weighted by molar-refractivity contribution is -0.120. The Bertz CT molecular complexity index is 669. The fraction of sp³-hybridized carbons (Fsp3) is 0.278. The average molecular weight is 298 g/mol. The molecule has 1 aliphatic heterocycles. The van der Waals surface area contributed by atoms with Gasteiger partial charge in [0.1, 0.15) is 5.82 Å². The van der Waals surface area contributed by atoms with Gasteiger partial charge in [0.15, 0.2) is 0 Å². The molecule has 1 unspecified atom stereocenters. The van der Waals surface area contributed by atoms with Crippen molar-refractivity contribution in [1.82, 2.24) is 5.32 Å². The van der Waals surface area contributed by atoms with Gasteiger partial charge in [0.25, 0.3) is 0 Å². The third-order valence-corrected chi connectivity index (χ3v) is 4.07. The van der Waals surface area contributed by atoms with Crippen LogP contribution in [0.1, 0.15) is 24.1 Å². The topological polar surface area (TPSA) is 32.3 Å². The van der Waals surface area contributed by atoms with Gasteiger partial charge in [-0.3, -0.25) is 4.79 Å². The zero-order chi connectivity index (χ0) is 15.5. The van der Waals surface area contributed by atoms with Crippen molar-refractivity contribution in [1.29, 1.82) is 0 Å². The highest BCUT2D eigenvalue weighted by Crippen LogP contribution is 2.26. The predicted molar refractivity (Wildman–Crippen MR) is 85.3 cm³/mol. The van der Waals surface area contributed by atoms with Crippen molar-refractivity contribution >= 4 is 11.6 Å². The second kappa shape index (κ2) is 6.18. The molecule has 4 heteroatoms. The molecular formula is C18H19FN2O. The Balaban J connectivity index is 1.60. The van der Waals surface area contributed by atoms with Gasteiger partial charge in [0, 0.05) is 12.2 Å². The number of amides is 1. The van der Waals surface area contributed by atoms with E-state index in [0.717, 1.165) is 24.2 Å². The smallest absolute Gasteiger partial charge is 0.239 e. The molecule has 1 heterocycles. The summed E-state index contributed by atoms with van der Waals surface area (Å²) < 4.78 is 12.9. The maximum Gasteiger partial charge on any atom is 0.239 e. The van der Waals surface area contributed by atoms with E-state index in [1.807, 2.05) is 19.1 Å². The highest BCUT2D eigenvalue weighted by Gasteiger charge is 2.21. The zero-order valence-electron chi connectivity index (χ0n) is 12.6. The fourth-order valence-corrected chi connectivity index (χ4v) is 2.87. The molecule has 3 nitrogen and oxygen atoms in total. The van der Waals surface area contributed by atoms with Gasteiger partial charge < -0.3 is 10.2 Å². The Kier molecular flexibility index (Phi) is 4.09. The molecule has 0 fully saturated rings. The number of anilines is 1. The molecule has 1 atom stereocenters. The van der Waals surface area contributed by atoms with Crippen molar-refractivity contribution in [3.63, 3.8) is 0 Å². The molecule has 0 aromatic heterocycles. The molecule has 0 aliphatic carbocycles. The number of nitrogens with zero attached hydrogens (tertiary/aromatic N) is 1. The van der Waals surface area contributed by atoms with Crippen LogP contribution < -0.4 is 10.2 Å². The molecule has 114 valence electrons. The molecular weight excluding hydrogens is 279 g/mol. The number of hydrogen-bond acceptors (Lipinski definition) is 2. The number of nitrogens with one attached hydrogen (secondary N) is 1. The van der Waals surface area contributed by atoms with Crippen LogP contribution in [-0.2, 0) is 11.2 Å². The first-order valence-electron chi connectivity index (χ1n) is 7.51. The first-order valence-corrected chi connectivity index (χ1v) is 7.51. The number of benzene rings is 2. The Labute approximate surface area is 129 Å². The third-order valence-electron chi connectivity index (χ3n) is 4.07. The summed E-state index contributed by atoms with van der Waals surface area (Å²) in [6.07, 6.45) is 0.983. The van der Waals surface area contributed by atoms with Crippen molar-refractivity contribution in [3.05, 3.63) is 65.5 Å². The average Bonchev–Trinajstić information content (AvgIpc) is 2.91. The molecule has 1 aliphatic rings. The van der Waals surface area contributed by atoms with E-state index in [-0.39, 0.29) is 17.8 Å². The molecule has 0 radical (unpaired) electrons. The molecule has 0 bridgehead atoms. The van der Waals surface area contributed by atoms with E-state index < -0.39 is 0 Å². The van der Waals surface area contributed by atoms with E-state index in [1.54, 1.807) is 12.1 Å². The normalized spacial score (nSPS) is 14.5. The maximum absolute atomic E-state index is 12.9. The van der Waals surface area contributed by atoms with Crippen molar-refractivity contribution < 1.29 is 9.18 Å². The van der Waals surface area contributed by atoms with Crippen LogP contribution >= 0.6 is 0 Å². The second-order valence-corrected chi connectivity index (χ2v) is 5.64. The van der Waals surface area contributed by atoms with E-state index in [2.05, 4.69) is 22.3 Å². The van der Waals surface area contributed by atoms with Crippen LogP contribution in [0, 0.1) is 5.82 Å². The van der Waals surface area contributed by atoms with Gasteiger partial charge >= 0.3 is 0 Å². The molecule has 0 spiro atoms. The van der Waals surface area contributed by atoms with Gasteiger partial charge in [-0.05, 0) is 42.7 Å². The quantitative estimate of drug-likeness (QED) is 0.941. The van der Waals surface area contributed by atoms with Gasteiger partial charge in [0.2, 0.25) is 5.91 Å². The molecule has 1 N–H and O–H groups in total.